The van der Waals surface area contributed by atoms with Gasteiger partial charge in [-0.3, -0.25) is 4.79 Å². The molecule has 3 heteroatoms. The summed E-state index contributed by atoms with van der Waals surface area (Å²) in [4.78, 5) is 12.4. The number of benzene rings is 2. The zero-order valence-corrected chi connectivity index (χ0v) is 13.0. The highest BCUT2D eigenvalue weighted by Crippen LogP contribution is 2.23. The Balaban J connectivity index is 1.80. The van der Waals surface area contributed by atoms with Crippen molar-refractivity contribution in [3.05, 3.63) is 71.0 Å². The van der Waals surface area contributed by atoms with Crippen LogP contribution in [0.15, 0.2) is 52.9 Å². The van der Waals surface area contributed by atoms with Crippen LogP contribution in [0, 0.1) is 13.8 Å². The van der Waals surface area contributed by atoms with Gasteiger partial charge in [-0.1, -0.05) is 35.4 Å². The minimum Gasteiger partial charge on any atom is -0.459 e. The van der Waals surface area contributed by atoms with Crippen LogP contribution in [0.3, 0.4) is 0 Å². The van der Waals surface area contributed by atoms with Crippen molar-refractivity contribution in [2.45, 2.75) is 26.8 Å². The molecular formula is C19H19NO2. The van der Waals surface area contributed by atoms with Crippen LogP contribution < -0.4 is 5.32 Å². The number of carbonyl (C=O) groups excluding carboxylic acids is 1. The molecule has 3 aromatic rings. The SMILES string of the molecule is Cc1cc(C)cc(C(=O)N[C@H](C)c2cc3ccccc3o2)c1. The zero-order valence-electron chi connectivity index (χ0n) is 13.0. The number of para-hydroxylation sites is 1. The summed E-state index contributed by atoms with van der Waals surface area (Å²) in [5, 5.41) is 4.04. The van der Waals surface area contributed by atoms with Gasteiger partial charge in [0, 0.05) is 10.9 Å². The monoisotopic (exact) mass is 293 g/mol. The van der Waals surface area contributed by atoms with E-state index in [0.29, 0.717) is 5.56 Å². The smallest absolute Gasteiger partial charge is 0.251 e. The molecule has 3 nitrogen and oxygen atoms in total. The Labute approximate surface area is 130 Å². The van der Waals surface area contributed by atoms with Crippen LogP contribution in [0.4, 0.5) is 0 Å². The van der Waals surface area contributed by atoms with Gasteiger partial charge in [-0.25, -0.2) is 0 Å². The number of hydrogen-bond donors (Lipinski definition) is 1. The van der Waals surface area contributed by atoms with Gasteiger partial charge in [0.2, 0.25) is 0 Å². The Bertz CT molecular complexity index is 779. The van der Waals surface area contributed by atoms with Crippen molar-refractivity contribution in [3.8, 4) is 0 Å². The van der Waals surface area contributed by atoms with Crippen molar-refractivity contribution >= 4 is 16.9 Å². The molecule has 0 spiro atoms. The number of hydrogen-bond acceptors (Lipinski definition) is 2. The standard InChI is InChI=1S/C19H19NO2/c1-12-8-13(2)10-16(9-12)19(21)20-14(3)18-11-15-6-4-5-7-17(15)22-18/h4-11,14H,1-3H3,(H,20,21)/t14-/m1/s1. The first kappa shape index (κ1) is 14.4. The van der Waals surface area contributed by atoms with Gasteiger partial charge in [0.05, 0.1) is 6.04 Å². The molecule has 0 saturated heterocycles. The summed E-state index contributed by atoms with van der Waals surface area (Å²) in [5.41, 5.74) is 3.69. The average molecular weight is 293 g/mol. The fourth-order valence-corrected chi connectivity index (χ4v) is 2.67. The van der Waals surface area contributed by atoms with Crippen LogP contribution in [-0.4, -0.2) is 5.91 Å². The molecule has 2 aromatic carbocycles. The second-order valence-electron chi connectivity index (χ2n) is 5.76. The number of rotatable bonds is 3. The van der Waals surface area contributed by atoms with E-state index >= 15 is 0 Å². The summed E-state index contributed by atoms with van der Waals surface area (Å²) in [7, 11) is 0. The number of amides is 1. The Morgan fingerprint density at radius 3 is 2.41 bits per heavy atom. The Hall–Kier alpha value is -2.55. The summed E-state index contributed by atoms with van der Waals surface area (Å²) >= 11 is 0. The maximum Gasteiger partial charge on any atom is 0.251 e. The summed E-state index contributed by atoms with van der Waals surface area (Å²) < 4.78 is 5.80. The van der Waals surface area contributed by atoms with Gasteiger partial charge in [0.15, 0.2) is 0 Å². The topological polar surface area (TPSA) is 42.2 Å². The van der Waals surface area contributed by atoms with Crippen LogP contribution in [0.1, 0.15) is 40.2 Å². The zero-order chi connectivity index (χ0) is 15.7. The van der Waals surface area contributed by atoms with Gasteiger partial charge in [-0.15, -0.1) is 0 Å². The van der Waals surface area contributed by atoms with Crippen LogP contribution in [0.25, 0.3) is 11.0 Å². The molecular weight excluding hydrogens is 274 g/mol. The lowest BCUT2D eigenvalue weighted by Gasteiger charge is -2.12. The highest BCUT2D eigenvalue weighted by Gasteiger charge is 2.15. The van der Waals surface area contributed by atoms with Crippen molar-refractivity contribution in [3.63, 3.8) is 0 Å². The minimum absolute atomic E-state index is 0.0836. The van der Waals surface area contributed by atoms with Gasteiger partial charge < -0.3 is 9.73 Å². The third-order valence-electron chi connectivity index (χ3n) is 3.70. The molecule has 1 amide bonds. The first-order valence-corrected chi connectivity index (χ1v) is 7.40. The summed E-state index contributed by atoms with van der Waals surface area (Å²) in [6.07, 6.45) is 0. The summed E-state index contributed by atoms with van der Waals surface area (Å²) in [6.45, 7) is 5.91. The van der Waals surface area contributed by atoms with E-state index in [9.17, 15) is 4.79 Å². The maximum atomic E-state index is 12.4. The normalized spacial score (nSPS) is 12.3. The van der Waals surface area contributed by atoms with E-state index < -0.39 is 0 Å². The predicted molar refractivity (Wildman–Crippen MR) is 88.0 cm³/mol. The highest BCUT2D eigenvalue weighted by atomic mass is 16.3. The van der Waals surface area contributed by atoms with E-state index in [1.807, 2.05) is 63.2 Å². The van der Waals surface area contributed by atoms with Crippen molar-refractivity contribution in [1.29, 1.82) is 0 Å². The van der Waals surface area contributed by atoms with Crippen molar-refractivity contribution in [1.82, 2.24) is 5.32 Å². The van der Waals surface area contributed by atoms with E-state index in [2.05, 4.69) is 11.4 Å². The number of furan rings is 1. The molecule has 0 bridgehead atoms. The van der Waals surface area contributed by atoms with E-state index in [1.54, 1.807) is 0 Å². The van der Waals surface area contributed by atoms with Crippen LogP contribution in [-0.2, 0) is 0 Å². The average Bonchev–Trinajstić information content (AvgIpc) is 2.90. The molecule has 0 unspecified atom stereocenters. The van der Waals surface area contributed by atoms with Crippen LogP contribution in [0.2, 0.25) is 0 Å². The molecule has 0 aliphatic carbocycles. The van der Waals surface area contributed by atoms with Crippen LogP contribution >= 0.6 is 0 Å². The fourth-order valence-electron chi connectivity index (χ4n) is 2.67. The molecule has 3 rings (SSSR count). The van der Waals surface area contributed by atoms with Crippen molar-refractivity contribution in [2.75, 3.05) is 0 Å². The Morgan fingerprint density at radius 1 is 1.05 bits per heavy atom. The molecule has 1 heterocycles. The van der Waals surface area contributed by atoms with Gasteiger partial charge in [0.25, 0.3) is 5.91 Å². The molecule has 112 valence electrons. The lowest BCUT2D eigenvalue weighted by molar-refractivity contribution is 0.0935. The maximum absolute atomic E-state index is 12.4. The largest absolute Gasteiger partial charge is 0.459 e. The first-order valence-electron chi connectivity index (χ1n) is 7.40. The van der Waals surface area contributed by atoms with Gasteiger partial charge >= 0.3 is 0 Å². The van der Waals surface area contributed by atoms with Gasteiger partial charge in [-0.05, 0) is 45.0 Å². The molecule has 22 heavy (non-hydrogen) atoms. The molecule has 1 atom stereocenters. The number of nitrogens with one attached hydrogen (secondary N) is 1. The van der Waals surface area contributed by atoms with Crippen molar-refractivity contribution in [2.24, 2.45) is 0 Å². The summed E-state index contributed by atoms with van der Waals surface area (Å²) in [5.74, 6) is 0.679. The molecule has 1 N–H and O–H groups in total. The third kappa shape index (κ3) is 2.89. The molecule has 0 fully saturated rings. The number of carbonyl (C=O) groups is 1. The lowest BCUT2D eigenvalue weighted by Crippen LogP contribution is -2.26. The molecule has 0 aliphatic rings. The third-order valence-corrected chi connectivity index (χ3v) is 3.70. The summed E-state index contributed by atoms with van der Waals surface area (Å²) in [6, 6.07) is 15.5. The predicted octanol–water partition coefficient (Wildman–Crippen LogP) is 4.54. The van der Waals surface area contributed by atoms with Gasteiger partial charge in [0.1, 0.15) is 11.3 Å². The molecule has 1 aromatic heterocycles. The molecule has 0 radical (unpaired) electrons. The number of fused-ring (bicyclic) bond motifs is 1. The van der Waals surface area contributed by atoms with E-state index in [-0.39, 0.29) is 11.9 Å². The number of aryl methyl sites for hydroxylation is 2. The second kappa shape index (κ2) is 5.68. The first-order chi connectivity index (χ1) is 10.5. The van der Waals surface area contributed by atoms with Crippen molar-refractivity contribution < 1.29 is 9.21 Å². The fraction of sp³-hybridized carbons (Fsp3) is 0.211. The van der Waals surface area contributed by atoms with E-state index in [0.717, 1.165) is 27.9 Å². The Kier molecular flexibility index (Phi) is 3.72. The van der Waals surface area contributed by atoms with E-state index in [1.165, 1.54) is 0 Å². The highest BCUT2D eigenvalue weighted by molar-refractivity contribution is 5.94. The Morgan fingerprint density at radius 2 is 1.73 bits per heavy atom. The molecule has 0 saturated carbocycles. The second-order valence-corrected chi connectivity index (χ2v) is 5.76. The quantitative estimate of drug-likeness (QED) is 0.770. The van der Waals surface area contributed by atoms with Crippen LogP contribution in [0.5, 0.6) is 0 Å². The molecule has 0 aliphatic heterocycles. The minimum atomic E-state index is -0.180. The van der Waals surface area contributed by atoms with Gasteiger partial charge in [-0.2, -0.15) is 0 Å². The van der Waals surface area contributed by atoms with E-state index in [4.69, 9.17) is 4.42 Å². The lowest BCUT2D eigenvalue weighted by atomic mass is 10.1.